The van der Waals surface area contributed by atoms with E-state index in [1.807, 2.05) is 11.3 Å². The van der Waals surface area contributed by atoms with E-state index in [0.29, 0.717) is 11.5 Å². The van der Waals surface area contributed by atoms with Crippen LogP contribution < -0.4 is 5.32 Å². The molecular weight excluding hydrogens is 294 g/mol. The predicted octanol–water partition coefficient (Wildman–Crippen LogP) is 4.61. The van der Waals surface area contributed by atoms with Crippen molar-refractivity contribution in [3.8, 4) is 0 Å². The van der Waals surface area contributed by atoms with Crippen molar-refractivity contribution in [1.82, 2.24) is 5.32 Å². The van der Waals surface area contributed by atoms with E-state index in [1.165, 1.54) is 47.9 Å². The fraction of sp³-hybridized carbons (Fsp3) is 0.714. The summed E-state index contributed by atoms with van der Waals surface area (Å²) in [6.07, 6.45) is 8.11. The lowest BCUT2D eigenvalue weighted by molar-refractivity contribution is 0.193. The van der Waals surface area contributed by atoms with Crippen LogP contribution in [-0.4, -0.2) is 13.1 Å². The van der Waals surface area contributed by atoms with E-state index in [9.17, 15) is 0 Å². The van der Waals surface area contributed by atoms with Crippen LogP contribution in [0.4, 0.5) is 0 Å². The Balaban J connectivity index is 2.13. The molecular formula is C14H22BrNS. The van der Waals surface area contributed by atoms with Crippen LogP contribution in [0.25, 0.3) is 0 Å². The Bertz CT molecular complexity index is 355. The lowest BCUT2D eigenvalue weighted by Crippen LogP contribution is -2.43. The molecule has 1 unspecified atom stereocenters. The average molecular weight is 316 g/mol. The van der Waals surface area contributed by atoms with Gasteiger partial charge in [0.2, 0.25) is 0 Å². The smallest absolute Gasteiger partial charge is 0.0314 e. The molecule has 17 heavy (non-hydrogen) atoms. The lowest BCUT2D eigenvalue weighted by Gasteiger charge is -2.37. The number of nitrogens with one attached hydrogen (secondary N) is 1. The Labute approximate surface area is 117 Å². The van der Waals surface area contributed by atoms with E-state index in [-0.39, 0.29) is 0 Å². The first kappa shape index (κ1) is 13.6. The Morgan fingerprint density at radius 1 is 1.47 bits per heavy atom. The maximum Gasteiger partial charge on any atom is 0.0314 e. The van der Waals surface area contributed by atoms with Gasteiger partial charge in [-0.15, -0.1) is 11.3 Å². The third-order valence-corrected chi connectivity index (χ3v) is 6.42. The summed E-state index contributed by atoms with van der Waals surface area (Å²) in [6.45, 7) is 2.36. The molecule has 1 aliphatic rings. The fourth-order valence-electron chi connectivity index (χ4n) is 3.31. The lowest BCUT2D eigenvalue weighted by atomic mass is 9.75. The molecule has 2 rings (SSSR count). The number of likely N-dealkylation sites (N-methyl/N-ethyl adjacent to an activating group) is 1. The molecule has 1 aromatic heterocycles. The van der Waals surface area contributed by atoms with Crippen LogP contribution in [0.1, 0.15) is 43.9 Å². The van der Waals surface area contributed by atoms with E-state index in [1.54, 1.807) is 0 Å². The second-order valence-electron chi connectivity index (χ2n) is 5.16. The predicted molar refractivity (Wildman–Crippen MR) is 79.8 cm³/mol. The van der Waals surface area contributed by atoms with Crippen LogP contribution in [0.5, 0.6) is 0 Å². The Morgan fingerprint density at radius 2 is 2.18 bits per heavy atom. The van der Waals surface area contributed by atoms with Gasteiger partial charge in [-0.3, -0.25) is 0 Å². The molecule has 0 amide bonds. The molecule has 1 atom stereocenters. The zero-order valence-corrected chi connectivity index (χ0v) is 13.2. The van der Waals surface area contributed by atoms with Gasteiger partial charge in [-0.25, -0.2) is 0 Å². The monoisotopic (exact) mass is 315 g/mol. The molecule has 1 heterocycles. The molecule has 1 saturated carbocycles. The summed E-state index contributed by atoms with van der Waals surface area (Å²) in [5, 5.41) is 5.77. The summed E-state index contributed by atoms with van der Waals surface area (Å²) in [5.74, 6) is 0. The van der Waals surface area contributed by atoms with Gasteiger partial charge in [-0.2, -0.15) is 0 Å². The van der Waals surface area contributed by atoms with Crippen LogP contribution in [-0.2, 0) is 6.42 Å². The third kappa shape index (κ3) is 2.77. The molecule has 1 nitrogen and oxygen atoms in total. The summed E-state index contributed by atoms with van der Waals surface area (Å²) in [4.78, 5) is 1.49. The number of halogens is 1. The molecule has 0 spiro atoms. The molecule has 0 bridgehead atoms. The van der Waals surface area contributed by atoms with Crippen molar-refractivity contribution in [2.24, 2.45) is 5.41 Å². The largest absolute Gasteiger partial charge is 0.316 e. The highest BCUT2D eigenvalue weighted by Crippen LogP contribution is 2.45. The minimum absolute atomic E-state index is 0.540. The first-order valence-corrected chi connectivity index (χ1v) is 8.28. The fourth-order valence-corrected chi connectivity index (χ4v) is 4.87. The highest BCUT2D eigenvalue weighted by Gasteiger charge is 2.39. The molecule has 0 aliphatic heterocycles. The zero-order valence-electron chi connectivity index (χ0n) is 10.8. The first-order chi connectivity index (χ1) is 8.22. The zero-order chi connectivity index (χ0) is 12.3. The summed E-state index contributed by atoms with van der Waals surface area (Å²) in [6, 6.07) is 2.80. The minimum atomic E-state index is 0.540. The SMILES string of the molecule is CCC1(C(Cc2sccc2Br)NC)CCCC1. The summed E-state index contributed by atoms with van der Waals surface area (Å²) in [7, 11) is 2.13. The number of rotatable bonds is 5. The highest BCUT2D eigenvalue weighted by molar-refractivity contribution is 9.10. The normalized spacial score (nSPS) is 20.6. The minimum Gasteiger partial charge on any atom is -0.316 e. The van der Waals surface area contributed by atoms with Crippen LogP contribution in [0, 0.1) is 5.41 Å². The maximum absolute atomic E-state index is 3.65. The van der Waals surface area contributed by atoms with Crippen molar-refractivity contribution in [3.05, 3.63) is 20.8 Å². The molecule has 0 radical (unpaired) electrons. The van der Waals surface area contributed by atoms with E-state index >= 15 is 0 Å². The number of hydrogen-bond acceptors (Lipinski definition) is 2. The van der Waals surface area contributed by atoms with Gasteiger partial charge >= 0.3 is 0 Å². The van der Waals surface area contributed by atoms with Gasteiger partial charge in [0.15, 0.2) is 0 Å². The molecule has 0 saturated heterocycles. The summed E-state index contributed by atoms with van der Waals surface area (Å²) < 4.78 is 1.28. The van der Waals surface area contributed by atoms with Gasteiger partial charge < -0.3 is 5.32 Å². The van der Waals surface area contributed by atoms with Crippen LogP contribution in [0.15, 0.2) is 15.9 Å². The second kappa shape index (κ2) is 5.85. The van der Waals surface area contributed by atoms with Gasteiger partial charge in [0.05, 0.1) is 0 Å². The molecule has 1 aliphatic carbocycles. The quantitative estimate of drug-likeness (QED) is 0.836. The van der Waals surface area contributed by atoms with Gasteiger partial charge in [0.25, 0.3) is 0 Å². The first-order valence-electron chi connectivity index (χ1n) is 6.61. The molecule has 1 fully saturated rings. The van der Waals surface area contributed by atoms with Crippen LogP contribution in [0.2, 0.25) is 0 Å². The van der Waals surface area contributed by atoms with Crippen molar-refractivity contribution >= 4 is 27.3 Å². The maximum atomic E-state index is 3.65. The van der Waals surface area contributed by atoms with E-state index in [0.717, 1.165) is 0 Å². The van der Waals surface area contributed by atoms with Crippen LogP contribution >= 0.6 is 27.3 Å². The van der Waals surface area contributed by atoms with E-state index in [4.69, 9.17) is 0 Å². The average Bonchev–Trinajstić information content (AvgIpc) is 2.96. The van der Waals surface area contributed by atoms with Gasteiger partial charge in [-0.05, 0) is 65.5 Å². The van der Waals surface area contributed by atoms with E-state index in [2.05, 4.69) is 46.7 Å². The van der Waals surface area contributed by atoms with E-state index < -0.39 is 0 Å². The number of thiophene rings is 1. The molecule has 1 N–H and O–H groups in total. The third-order valence-electron chi connectivity index (χ3n) is 4.47. The standard InChI is InChI=1S/C14H22BrNS/c1-3-14(7-4-5-8-14)13(16-2)10-12-11(15)6-9-17-12/h6,9,13,16H,3-5,7-8,10H2,1-2H3. The van der Waals surface area contributed by atoms with Crippen molar-refractivity contribution in [3.63, 3.8) is 0 Å². The molecule has 96 valence electrons. The van der Waals surface area contributed by atoms with Crippen molar-refractivity contribution in [2.45, 2.75) is 51.5 Å². The van der Waals surface area contributed by atoms with Gasteiger partial charge in [0, 0.05) is 15.4 Å². The van der Waals surface area contributed by atoms with Crippen molar-refractivity contribution in [2.75, 3.05) is 7.05 Å². The van der Waals surface area contributed by atoms with Crippen molar-refractivity contribution < 1.29 is 0 Å². The highest BCUT2D eigenvalue weighted by atomic mass is 79.9. The Morgan fingerprint density at radius 3 is 2.65 bits per heavy atom. The Kier molecular flexibility index (Phi) is 4.67. The molecule has 0 aromatic carbocycles. The Hall–Kier alpha value is 0.140. The topological polar surface area (TPSA) is 12.0 Å². The van der Waals surface area contributed by atoms with Gasteiger partial charge in [0.1, 0.15) is 0 Å². The second-order valence-corrected chi connectivity index (χ2v) is 7.02. The summed E-state index contributed by atoms with van der Waals surface area (Å²) in [5.41, 5.74) is 0.540. The molecule has 1 aromatic rings. The molecule has 3 heteroatoms. The van der Waals surface area contributed by atoms with Gasteiger partial charge in [-0.1, -0.05) is 19.8 Å². The van der Waals surface area contributed by atoms with Crippen LogP contribution in [0.3, 0.4) is 0 Å². The number of hydrogen-bond donors (Lipinski definition) is 1. The summed E-state index contributed by atoms with van der Waals surface area (Å²) >= 11 is 5.53. The van der Waals surface area contributed by atoms with Crippen molar-refractivity contribution in [1.29, 1.82) is 0 Å².